The largest absolute Gasteiger partial charge is 0.388 e. The van der Waals surface area contributed by atoms with E-state index in [2.05, 4.69) is 19.1 Å². The minimum atomic E-state index is -1.03. The van der Waals surface area contributed by atoms with Gasteiger partial charge in [0, 0.05) is 6.61 Å². The van der Waals surface area contributed by atoms with Crippen molar-refractivity contribution in [2.45, 2.75) is 128 Å². The zero-order valence-corrected chi connectivity index (χ0v) is 19.4. The van der Waals surface area contributed by atoms with E-state index in [4.69, 9.17) is 9.47 Å². The molecule has 0 bridgehead atoms. The van der Waals surface area contributed by atoms with Crippen LogP contribution in [-0.2, 0) is 9.47 Å². The summed E-state index contributed by atoms with van der Waals surface area (Å²) < 4.78 is 10.7. The molecule has 5 heteroatoms. The Labute approximate surface area is 184 Å². The lowest BCUT2D eigenvalue weighted by Crippen LogP contribution is -2.40. The molecule has 4 atom stereocenters. The third kappa shape index (κ3) is 13.8. The van der Waals surface area contributed by atoms with Crippen molar-refractivity contribution in [2.24, 2.45) is 0 Å². The van der Waals surface area contributed by atoms with E-state index in [1.54, 1.807) is 0 Å². The summed E-state index contributed by atoms with van der Waals surface area (Å²) in [5.41, 5.74) is 0. The van der Waals surface area contributed by atoms with E-state index in [-0.39, 0.29) is 13.2 Å². The lowest BCUT2D eigenvalue weighted by Gasteiger charge is -2.20. The number of allylic oxidation sites excluding steroid dienone is 2. The summed E-state index contributed by atoms with van der Waals surface area (Å²) in [7, 11) is 0. The molecule has 1 heterocycles. The summed E-state index contributed by atoms with van der Waals surface area (Å²) in [5.74, 6) is 0. The smallest absolute Gasteiger partial charge is 0.114 e. The number of aliphatic hydroxyl groups excluding tert-OH is 3. The SMILES string of the molecule is CC/C=C/CCCCCCCCCCCCCCCOC[C@H](O)[C@@H]1OC[C@@H](O)[C@@H]1O. The van der Waals surface area contributed by atoms with Crippen LogP contribution in [-0.4, -0.2) is 59.6 Å². The number of rotatable bonds is 20. The summed E-state index contributed by atoms with van der Waals surface area (Å²) in [6.07, 6.45) is 20.5. The van der Waals surface area contributed by atoms with E-state index >= 15 is 0 Å². The first-order valence-electron chi connectivity index (χ1n) is 12.5. The molecule has 30 heavy (non-hydrogen) atoms. The van der Waals surface area contributed by atoms with Gasteiger partial charge in [0.15, 0.2) is 0 Å². The molecule has 0 unspecified atom stereocenters. The standard InChI is InChI=1S/C25H48O5/c1-2-3-4-5-6-7-8-9-10-11-12-13-14-15-16-17-18-19-29-20-23(27)25-24(28)22(26)21-30-25/h3-4,22-28H,2,5-21H2,1H3/b4-3+/t22-,23+,24+,25+/m1/s1. The average molecular weight is 429 g/mol. The van der Waals surface area contributed by atoms with Crippen molar-refractivity contribution in [1.82, 2.24) is 0 Å². The van der Waals surface area contributed by atoms with Gasteiger partial charge < -0.3 is 24.8 Å². The molecule has 0 radical (unpaired) electrons. The Morgan fingerprint density at radius 1 is 0.833 bits per heavy atom. The van der Waals surface area contributed by atoms with Crippen LogP contribution in [0.25, 0.3) is 0 Å². The predicted octanol–water partition coefficient (Wildman–Crippen LogP) is 4.91. The van der Waals surface area contributed by atoms with Gasteiger partial charge in [-0.1, -0.05) is 89.7 Å². The zero-order chi connectivity index (χ0) is 21.9. The van der Waals surface area contributed by atoms with Gasteiger partial charge in [-0.2, -0.15) is 0 Å². The van der Waals surface area contributed by atoms with Crippen LogP contribution in [0.15, 0.2) is 12.2 Å². The molecule has 0 aromatic carbocycles. The van der Waals surface area contributed by atoms with Crippen molar-refractivity contribution in [3.63, 3.8) is 0 Å². The number of aliphatic hydroxyl groups is 3. The van der Waals surface area contributed by atoms with Crippen LogP contribution >= 0.6 is 0 Å². The highest BCUT2D eigenvalue weighted by Crippen LogP contribution is 2.18. The molecule has 0 amide bonds. The molecule has 1 rings (SSSR count). The van der Waals surface area contributed by atoms with E-state index in [0.717, 1.165) is 19.3 Å². The van der Waals surface area contributed by atoms with Crippen molar-refractivity contribution in [2.75, 3.05) is 19.8 Å². The molecule has 1 aliphatic rings. The van der Waals surface area contributed by atoms with Crippen molar-refractivity contribution in [3.05, 3.63) is 12.2 Å². The average Bonchev–Trinajstić information content (AvgIpc) is 3.08. The molecule has 0 aliphatic carbocycles. The number of unbranched alkanes of at least 4 members (excludes halogenated alkanes) is 13. The van der Waals surface area contributed by atoms with Crippen molar-refractivity contribution >= 4 is 0 Å². The molecule has 1 saturated heterocycles. The molecule has 1 aliphatic heterocycles. The van der Waals surface area contributed by atoms with Crippen LogP contribution in [0.5, 0.6) is 0 Å². The Bertz CT molecular complexity index is 401. The normalized spacial score (nSPS) is 22.9. The van der Waals surface area contributed by atoms with Gasteiger partial charge in [-0.25, -0.2) is 0 Å². The minimum Gasteiger partial charge on any atom is -0.388 e. The molecular weight excluding hydrogens is 380 g/mol. The Balaban J connectivity index is 1.74. The second-order valence-corrected chi connectivity index (χ2v) is 8.76. The highest BCUT2D eigenvalue weighted by atomic mass is 16.5. The predicted molar refractivity (Wildman–Crippen MR) is 123 cm³/mol. The zero-order valence-electron chi connectivity index (χ0n) is 19.4. The van der Waals surface area contributed by atoms with Gasteiger partial charge in [-0.05, 0) is 25.7 Å². The van der Waals surface area contributed by atoms with E-state index < -0.39 is 24.4 Å². The first-order valence-corrected chi connectivity index (χ1v) is 12.5. The summed E-state index contributed by atoms with van der Waals surface area (Å²) in [5, 5.41) is 29.1. The maximum absolute atomic E-state index is 9.96. The second-order valence-electron chi connectivity index (χ2n) is 8.76. The molecule has 0 saturated carbocycles. The molecule has 0 aromatic heterocycles. The quantitative estimate of drug-likeness (QED) is 0.190. The molecule has 1 fully saturated rings. The van der Waals surface area contributed by atoms with Crippen LogP contribution in [0.3, 0.4) is 0 Å². The van der Waals surface area contributed by atoms with Crippen LogP contribution in [0.4, 0.5) is 0 Å². The lowest BCUT2D eigenvalue weighted by atomic mass is 10.0. The van der Waals surface area contributed by atoms with Crippen LogP contribution < -0.4 is 0 Å². The molecule has 3 N–H and O–H groups in total. The van der Waals surface area contributed by atoms with Crippen LogP contribution in [0.1, 0.15) is 103 Å². The van der Waals surface area contributed by atoms with Crippen LogP contribution in [0.2, 0.25) is 0 Å². The second kappa shape index (κ2) is 19.2. The Hall–Kier alpha value is -0.460. The minimum absolute atomic E-state index is 0.0695. The summed E-state index contributed by atoms with van der Waals surface area (Å²) >= 11 is 0. The summed E-state index contributed by atoms with van der Waals surface area (Å²) in [4.78, 5) is 0. The molecule has 0 aromatic rings. The fourth-order valence-corrected chi connectivity index (χ4v) is 3.96. The van der Waals surface area contributed by atoms with Gasteiger partial charge in [0.25, 0.3) is 0 Å². The Kier molecular flexibility index (Phi) is 17.7. The molecule has 5 nitrogen and oxygen atoms in total. The van der Waals surface area contributed by atoms with E-state index in [0.29, 0.717) is 6.61 Å². The molecule has 0 spiro atoms. The number of hydrogen-bond donors (Lipinski definition) is 3. The van der Waals surface area contributed by atoms with E-state index in [1.165, 1.54) is 77.0 Å². The van der Waals surface area contributed by atoms with Gasteiger partial charge in [0.1, 0.15) is 24.4 Å². The van der Waals surface area contributed by atoms with Crippen molar-refractivity contribution in [3.8, 4) is 0 Å². The van der Waals surface area contributed by atoms with E-state index in [1.807, 2.05) is 0 Å². The van der Waals surface area contributed by atoms with E-state index in [9.17, 15) is 15.3 Å². The fourth-order valence-electron chi connectivity index (χ4n) is 3.96. The third-order valence-corrected chi connectivity index (χ3v) is 5.92. The fraction of sp³-hybridized carbons (Fsp3) is 0.920. The van der Waals surface area contributed by atoms with Gasteiger partial charge in [0.05, 0.1) is 13.2 Å². The number of ether oxygens (including phenoxy) is 2. The van der Waals surface area contributed by atoms with Gasteiger partial charge in [0.2, 0.25) is 0 Å². The lowest BCUT2D eigenvalue weighted by molar-refractivity contribution is -0.0813. The third-order valence-electron chi connectivity index (χ3n) is 5.92. The van der Waals surface area contributed by atoms with Gasteiger partial charge >= 0.3 is 0 Å². The van der Waals surface area contributed by atoms with Crippen LogP contribution in [0, 0.1) is 0 Å². The topological polar surface area (TPSA) is 79.2 Å². The summed E-state index contributed by atoms with van der Waals surface area (Å²) in [6, 6.07) is 0. The van der Waals surface area contributed by atoms with Crippen molar-refractivity contribution < 1.29 is 24.8 Å². The number of hydrogen-bond acceptors (Lipinski definition) is 5. The Morgan fingerprint density at radius 2 is 1.37 bits per heavy atom. The monoisotopic (exact) mass is 428 g/mol. The van der Waals surface area contributed by atoms with Crippen molar-refractivity contribution in [1.29, 1.82) is 0 Å². The first-order chi connectivity index (χ1) is 14.7. The van der Waals surface area contributed by atoms with Gasteiger partial charge in [-0.3, -0.25) is 0 Å². The highest BCUT2D eigenvalue weighted by Gasteiger charge is 2.39. The summed E-state index contributed by atoms with van der Waals surface area (Å²) in [6.45, 7) is 3.03. The highest BCUT2D eigenvalue weighted by molar-refractivity contribution is 4.87. The molecule has 178 valence electrons. The first kappa shape index (κ1) is 27.6. The maximum Gasteiger partial charge on any atom is 0.114 e. The van der Waals surface area contributed by atoms with Gasteiger partial charge in [-0.15, -0.1) is 0 Å². The maximum atomic E-state index is 9.96. The Morgan fingerprint density at radius 3 is 1.87 bits per heavy atom. The molecular formula is C25H48O5.